The zero-order valence-corrected chi connectivity index (χ0v) is 11.7. The summed E-state index contributed by atoms with van der Waals surface area (Å²) in [5.74, 6) is 2.03. The van der Waals surface area contributed by atoms with Gasteiger partial charge in [0.25, 0.3) is 0 Å². The van der Waals surface area contributed by atoms with Crippen molar-refractivity contribution in [2.45, 2.75) is 45.7 Å². The first kappa shape index (κ1) is 14.4. The number of rotatable bonds is 6. The Balaban J connectivity index is 2.70. The molecule has 1 saturated heterocycles. The number of nitrogens with one attached hydrogen (secondary N) is 1. The van der Waals surface area contributed by atoms with Crippen LogP contribution in [0.1, 0.15) is 33.6 Å². The van der Waals surface area contributed by atoms with Gasteiger partial charge >= 0.3 is 0 Å². The molecule has 1 rings (SSSR count). The van der Waals surface area contributed by atoms with Gasteiger partial charge in [0.1, 0.15) is 12.1 Å². The van der Waals surface area contributed by atoms with E-state index in [0.29, 0.717) is 19.4 Å². The van der Waals surface area contributed by atoms with Gasteiger partial charge in [0.2, 0.25) is 11.8 Å². The molecule has 0 aromatic carbocycles. The maximum Gasteiger partial charge on any atom is 0.245 e. The van der Waals surface area contributed by atoms with Gasteiger partial charge in [-0.2, -0.15) is 11.8 Å². The summed E-state index contributed by atoms with van der Waals surface area (Å²) in [6, 6.07) is -0.598. The number of carbonyl (C=O) groups excluding carboxylic acids is 2. The largest absolute Gasteiger partial charge is 0.343 e. The molecular weight excluding hydrogens is 236 g/mol. The molecule has 1 N–H and O–H groups in total. The van der Waals surface area contributed by atoms with Gasteiger partial charge in [-0.25, -0.2) is 0 Å². The molecule has 1 heterocycles. The highest BCUT2D eigenvalue weighted by molar-refractivity contribution is 7.99. The Morgan fingerprint density at radius 2 is 1.94 bits per heavy atom. The summed E-state index contributed by atoms with van der Waals surface area (Å²) in [7, 11) is 0. The molecule has 1 aliphatic heterocycles. The molecule has 17 heavy (non-hydrogen) atoms. The number of piperazine rings is 1. The van der Waals surface area contributed by atoms with E-state index in [2.05, 4.69) is 12.2 Å². The Bertz CT molecular complexity index is 284. The van der Waals surface area contributed by atoms with Crippen molar-refractivity contribution in [3.8, 4) is 0 Å². The number of amides is 2. The van der Waals surface area contributed by atoms with Crippen LogP contribution in [-0.4, -0.2) is 46.8 Å². The number of nitrogens with zero attached hydrogens (tertiary/aromatic N) is 1. The lowest BCUT2D eigenvalue weighted by molar-refractivity contribution is -0.149. The highest BCUT2D eigenvalue weighted by atomic mass is 32.2. The minimum Gasteiger partial charge on any atom is -0.343 e. The van der Waals surface area contributed by atoms with E-state index >= 15 is 0 Å². The lowest BCUT2D eigenvalue weighted by atomic mass is 10.0. The Hall–Kier alpha value is -0.710. The van der Waals surface area contributed by atoms with Gasteiger partial charge in [0.15, 0.2) is 0 Å². The number of hydrogen-bond acceptors (Lipinski definition) is 3. The molecule has 0 aromatic heterocycles. The molecule has 2 atom stereocenters. The van der Waals surface area contributed by atoms with Gasteiger partial charge in [-0.15, -0.1) is 0 Å². The minimum atomic E-state index is -0.322. The summed E-state index contributed by atoms with van der Waals surface area (Å²) in [4.78, 5) is 25.8. The number of hydrogen-bond donors (Lipinski definition) is 1. The summed E-state index contributed by atoms with van der Waals surface area (Å²) in [6.45, 7) is 6.65. The van der Waals surface area contributed by atoms with Crippen LogP contribution in [0, 0.1) is 0 Å². The summed E-state index contributed by atoms with van der Waals surface area (Å²) < 4.78 is 0. The van der Waals surface area contributed by atoms with Crippen LogP contribution < -0.4 is 5.32 Å². The van der Waals surface area contributed by atoms with Crippen LogP contribution in [-0.2, 0) is 9.59 Å². The van der Waals surface area contributed by atoms with E-state index in [1.165, 1.54) is 0 Å². The fourth-order valence-corrected chi connectivity index (χ4v) is 2.70. The first-order chi connectivity index (χ1) is 8.15. The van der Waals surface area contributed by atoms with Gasteiger partial charge in [0, 0.05) is 12.3 Å². The number of carbonyl (C=O) groups is 2. The standard InChI is InChI=1S/C12H22N2O2S/c1-4-9-12(16)14(7-8-17-6-3)10(5-2)11(15)13-9/h9-10H,4-8H2,1-3H3,(H,13,15). The van der Waals surface area contributed by atoms with E-state index in [1.807, 2.05) is 13.8 Å². The van der Waals surface area contributed by atoms with Crippen molar-refractivity contribution in [1.82, 2.24) is 10.2 Å². The van der Waals surface area contributed by atoms with Crippen molar-refractivity contribution >= 4 is 23.6 Å². The third-order valence-corrected chi connectivity index (χ3v) is 3.93. The van der Waals surface area contributed by atoms with Gasteiger partial charge in [-0.3, -0.25) is 9.59 Å². The second-order valence-corrected chi connectivity index (χ2v) is 5.52. The average molecular weight is 258 g/mol. The Morgan fingerprint density at radius 1 is 1.24 bits per heavy atom. The van der Waals surface area contributed by atoms with E-state index in [-0.39, 0.29) is 23.9 Å². The third kappa shape index (κ3) is 3.37. The van der Waals surface area contributed by atoms with E-state index in [9.17, 15) is 9.59 Å². The zero-order valence-electron chi connectivity index (χ0n) is 10.9. The topological polar surface area (TPSA) is 49.4 Å². The second-order valence-electron chi connectivity index (χ2n) is 4.12. The molecule has 98 valence electrons. The summed E-state index contributed by atoms with van der Waals surface area (Å²) in [5.41, 5.74) is 0. The quantitative estimate of drug-likeness (QED) is 0.730. The fourth-order valence-electron chi connectivity index (χ4n) is 2.08. The Morgan fingerprint density at radius 3 is 2.47 bits per heavy atom. The molecule has 0 aliphatic carbocycles. The molecule has 1 aliphatic rings. The molecule has 2 unspecified atom stereocenters. The number of thioether (sulfide) groups is 1. The predicted molar refractivity (Wildman–Crippen MR) is 71.0 cm³/mol. The van der Waals surface area contributed by atoms with Gasteiger partial charge in [-0.1, -0.05) is 20.8 Å². The van der Waals surface area contributed by atoms with Crippen molar-refractivity contribution in [3.05, 3.63) is 0 Å². The minimum absolute atomic E-state index is 0.000415. The smallest absolute Gasteiger partial charge is 0.245 e. The monoisotopic (exact) mass is 258 g/mol. The first-order valence-electron chi connectivity index (χ1n) is 6.34. The van der Waals surface area contributed by atoms with Crippen LogP contribution in [0.3, 0.4) is 0 Å². The molecule has 0 radical (unpaired) electrons. The van der Waals surface area contributed by atoms with Crippen LogP contribution in [0.2, 0.25) is 0 Å². The van der Waals surface area contributed by atoms with Crippen LogP contribution in [0.5, 0.6) is 0 Å². The molecule has 0 aromatic rings. The third-order valence-electron chi connectivity index (χ3n) is 3.05. The summed E-state index contributed by atoms with van der Waals surface area (Å²) >= 11 is 1.80. The van der Waals surface area contributed by atoms with Crippen LogP contribution in [0.15, 0.2) is 0 Å². The fraction of sp³-hybridized carbons (Fsp3) is 0.833. The van der Waals surface area contributed by atoms with E-state index in [1.54, 1.807) is 16.7 Å². The maximum atomic E-state index is 12.2. The Kier molecular flexibility index (Phi) is 5.82. The average Bonchev–Trinajstić information content (AvgIpc) is 2.33. The van der Waals surface area contributed by atoms with Crippen molar-refractivity contribution in [2.24, 2.45) is 0 Å². The van der Waals surface area contributed by atoms with Crippen LogP contribution >= 0.6 is 11.8 Å². The Labute approximate surface area is 108 Å². The normalized spacial score (nSPS) is 25.0. The van der Waals surface area contributed by atoms with E-state index in [4.69, 9.17) is 0 Å². The zero-order chi connectivity index (χ0) is 12.8. The van der Waals surface area contributed by atoms with Gasteiger partial charge in [-0.05, 0) is 18.6 Å². The lowest BCUT2D eigenvalue weighted by Crippen LogP contribution is -2.63. The van der Waals surface area contributed by atoms with Gasteiger partial charge in [0.05, 0.1) is 0 Å². The summed E-state index contributed by atoms with van der Waals surface area (Å²) in [6.07, 6.45) is 1.35. The van der Waals surface area contributed by atoms with Crippen molar-refractivity contribution in [3.63, 3.8) is 0 Å². The second kappa shape index (κ2) is 6.89. The molecule has 5 heteroatoms. The molecule has 4 nitrogen and oxygen atoms in total. The molecule has 2 amide bonds. The molecule has 0 saturated carbocycles. The van der Waals surface area contributed by atoms with Crippen LogP contribution in [0.25, 0.3) is 0 Å². The first-order valence-corrected chi connectivity index (χ1v) is 7.49. The van der Waals surface area contributed by atoms with Crippen molar-refractivity contribution in [1.29, 1.82) is 0 Å². The predicted octanol–water partition coefficient (Wildman–Crippen LogP) is 1.26. The summed E-state index contributed by atoms with van der Waals surface area (Å²) in [5, 5.41) is 2.80. The van der Waals surface area contributed by atoms with Crippen LogP contribution in [0.4, 0.5) is 0 Å². The van der Waals surface area contributed by atoms with Crippen molar-refractivity contribution in [2.75, 3.05) is 18.1 Å². The highest BCUT2D eigenvalue weighted by Gasteiger charge is 2.38. The molecule has 1 fully saturated rings. The lowest BCUT2D eigenvalue weighted by Gasteiger charge is -2.38. The van der Waals surface area contributed by atoms with E-state index in [0.717, 1.165) is 11.5 Å². The van der Waals surface area contributed by atoms with Gasteiger partial charge < -0.3 is 10.2 Å². The van der Waals surface area contributed by atoms with E-state index < -0.39 is 0 Å². The molecule has 0 bridgehead atoms. The van der Waals surface area contributed by atoms with Crippen molar-refractivity contribution < 1.29 is 9.59 Å². The molecule has 0 spiro atoms. The maximum absolute atomic E-state index is 12.2. The highest BCUT2D eigenvalue weighted by Crippen LogP contribution is 2.15. The molecular formula is C12H22N2O2S. The SMILES string of the molecule is CCSCCN1C(=O)C(CC)NC(=O)C1CC.